The molecule has 0 aliphatic heterocycles. The van der Waals surface area contributed by atoms with E-state index >= 15 is 0 Å². The van der Waals surface area contributed by atoms with Crippen LogP contribution in [0.15, 0.2) is 11.0 Å². The standard InChI is InChI=1S/C12H20N4O3S/c1-7-6-8(2)11(9(3)10(7)13)20(18,19)16-5-4-15-12(14)17/h6,16H,4-5,13H2,1-3H3,(H3,14,15,17). The number of benzene rings is 1. The molecule has 0 radical (unpaired) electrons. The first-order valence-electron chi connectivity index (χ1n) is 6.06. The topological polar surface area (TPSA) is 127 Å². The van der Waals surface area contributed by atoms with Gasteiger partial charge in [0.15, 0.2) is 0 Å². The number of nitrogen functional groups attached to an aromatic ring is 1. The summed E-state index contributed by atoms with van der Waals surface area (Å²) in [4.78, 5) is 10.7. The van der Waals surface area contributed by atoms with Crippen LogP contribution in [-0.4, -0.2) is 27.5 Å². The van der Waals surface area contributed by atoms with E-state index in [4.69, 9.17) is 11.5 Å². The predicted molar refractivity (Wildman–Crippen MR) is 77.8 cm³/mol. The van der Waals surface area contributed by atoms with Gasteiger partial charge in [0, 0.05) is 18.8 Å². The van der Waals surface area contributed by atoms with E-state index in [0.29, 0.717) is 16.8 Å². The minimum absolute atomic E-state index is 0.0535. The van der Waals surface area contributed by atoms with Gasteiger partial charge in [-0.05, 0) is 37.5 Å². The normalized spacial score (nSPS) is 11.3. The molecule has 7 nitrogen and oxygen atoms in total. The maximum Gasteiger partial charge on any atom is 0.312 e. The number of hydrogen-bond acceptors (Lipinski definition) is 4. The van der Waals surface area contributed by atoms with Crippen molar-refractivity contribution in [2.24, 2.45) is 5.73 Å². The van der Waals surface area contributed by atoms with Gasteiger partial charge in [0.25, 0.3) is 0 Å². The van der Waals surface area contributed by atoms with Crippen LogP contribution < -0.4 is 21.5 Å². The van der Waals surface area contributed by atoms with Crippen molar-refractivity contribution in [3.05, 3.63) is 22.8 Å². The van der Waals surface area contributed by atoms with Gasteiger partial charge in [-0.15, -0.1) is 0 Å². The first-order valence-corrected chi connectivity index (χ1v) is 7.54. The Hall–Kier alpha value is -1.80. The van der Waals surface area contributed by atoms with Gasteiger partial charge in [0.1, 0.15) is 0 Å². The number of carbonyl (C=O) groups is 1. The zero-order valence-electron chi connectivity index (χ0n) is 11.8. The highest BCUT2D eigenvalue weighted by molar-refractivity contribution is 7.89. The third-order valence-corrected chi connectivity index (χ3v) is 4.70. The van der Waals surface area contributed by atoms with E-state index in [-0.39, 0.29) is 18.0 Å². The zero-order valence-corrected chi connectivity index (χ0v) is 12.6. The van der Waals surface area contributed by atoms with Gasteiger partial charge in [-0.25, -0.2) is 17.9 Å². The van der Waals surface area contributed by atoms with Crippen LogP contribution in [0, 0.1) is 20.8 Å². The summed E-state index contributed by atoms with van der Waals surface area (Å²) < 4.78 is 26.9. The molecule has 0 fully saturated rings. The number of carbonyl (C=O) groups excluding carboxylic acids is 1. The van der Waals surface area contributed by atoms with Crippen molar-refractivity contribution >= 4 is 21.7 Å². The van der Waals surface area contributed by atoms with Crippen LogP contribution in [0.4, 0.5) is 10.5 Å². The van der Waals surface area contributed by atoms with E-state index in [0.717, 1.165) is 5.56 Å². The monoisotopic (exact) mass is 300 g/mol. The first-order chi connectivity index (χ1) is 9.16. The van der Waals surface area contributed by atoms with E-state index in [1.165, 1.54) is 0 Å². The quantitative estimate of drug-likeness (QED) is 0.455. The number of aryl methyl sites for hydroxylation is 2. The number of anilines is 1. The molecule has 0 saturated carbocycles. The van der Waals surface area contributed by atoms with Crippen molar-refractivity contribution in [2.75, 3.05) is 18.8 Å². The molecule has 0 bridgehead atoms. The molecular formula is C12H20N4O3S. The second-order valence-electron chi connectivity index (χ2n) is 4.57. The van der Waals surface area contributed by atoms with Gasteiger partial charge < -0.3 is 16.8 Å². The second kappa shape index (κ2) is 6.10. The van der Waals surface area contributed by atoms with Crippen molar-refractivity contribution in [3.8, 4) is 0 Å². The molecule has 2 amide bonds. The number of sulfonamides is 1. The predicted octanol–water partition coefficient (Wildman–Crippen LogP) is 0.141. The van der Waals surface area contributed by atoms with Crippen LogP contribution >= 0.6 is 0 Å². The number of rotatable bonds is 5. The summed E-state index contributed by atoms with van der Waals surface area (Å²) in [5.74, 6) is 0. The van der Waals surface area contributed by atoms with Crippen molar-refractivity contribution < 1.29 is 13.2 Å². The Morgan fingerprint density at radius 2 is 1.80 bits per heavy atom. The molecule has 1 rings (SSSR count). The lowest BCUT2D eigenvalue weighted by molar-refractivity contribution is 0.249. The zero-order chi connectivity index (χ0) is 15.5. The first kappa shape index (κ1) is 16.3. The Bertz CT molecular complexity index is 626. The highest BCUT2D eigenvalue weighted by Crippen LogP contribution is 2.27. The van der Waals surface area contributed by atoms with Crippen LogP contribution in [0.2, 0.25) is 0 Å². The summed E-state index contributed by atoms with van der Waals surface area (Å²) in [5, 5.41) is 2.31. The van der Waals surface area contributed by atoms with Gasteiger partial charge >= 0.3 is 6.03 Å². The van der Waals surface area contributed by atoms with E-state index in [9.17, 15) is 13.2 Å². The summed E-state index contributed by atoms with van der Waals surface area (Å²) in [6.45, 7) is 5.39. The number of urea groups is 1. The lowest BCUT2D eigenvalue weighted by atomic mass is 10.1. The Morgan fingerprint density at radius 1 is 1.20 bits per heavy atom. The van der Waals surface area contributed by atoms with E-state index < -0.39 is 16.1 Å². The molecule has 0 aliphatic carbocycles. The molecule has 0 heterocycles. The van der Waals surface area contributed by atoms with E-state index in [2.05, 4.69) is 10.0 Å². The van der Waals surface area contributed by atoms with Crippen LogP contribution in [0.1, 0.15) is 16.7 Å². The molecule has 112 valence electrons. The van der Waals surface area contributed by atoms with Crippen LogP contribution in [0.3, 0.4) is 0 Å². The number of nitrogens with two attached hydrogens (primary N) is 2. The summed E-state index contributed by atoms with van der Waals surface area (Å²) in [6.07, 6.45) is 0. The Morgan fingerprint density at radius 3 is 2.35 bits per heavy atom. The fraction of sp³-hybridized carbons (Fsp3) is 0.417. The smallest absolute Gasteiger partial charge is 0.312 e. The second-order valence-corrected chi connectivity index (χ2v) is 6.27. The molecule has 0 saturated heterocycles. The molecule has 6 N–H and O–H groups in total. The van der Waals surface area contributed by atoms with Crippen molar-refractivity contribution in [1.82, 2.24) is 10.0 Å². The molecule has 0 aliphatic rings. The fourth-order valence-corrected chi connectivity index (χ4v) is 3.55. The number of nitrogens with one attached hydrogen (secondary N) is 2. The van der Waals surface area contributed by atoms with Gasteiger partial charge in [-0.2, -0.15) is 0 Å². The summed E-state index contributed by atoms with van der Waals surface area (Å²) in [5.41, 5.74) is 13.2. The lowest BCUT2D eigenvalue weighted by Gasteiger charge is -2.15. The molecule has 20 heavy (non-hydrogen) atoms. The van der Waals surface area contributed by atoms with E-state index in [1.807, 2.05) is 6.92 Å². The average Bonchev–Trinajstić information content (AvgIpc) is 2.31. The summed E-state index contributed by atoms with van der Waals surface area (Å²) in [7, 11) is -3.68. The Kier molecular flexibility index (Phi) is 4.96. The Labute approximate surface area is 118 Å². The SMILES string of the molecule is Cc1cc(C)c(S(=O)(=O)NCCNC(N)=O)c(C)c1N. The van der Waals surface area contributed by atoms with Crippen LogP contribution in [0.25, 0.3) is 0 Å². The molecule has 8 heteroatoms. The highest BCUT2D eigenvalue weighted by atomic mass is 32.2. The van der Waals surface area contributed by atoms with Crippen molar-refractivity contribution in [2.45, 2.75) is 25.7 Å². The fourth-order valence-electron chi connectivity index (χ4n) is 2.04. The molecule has 0 aromatic heterocycles. The molecule has 1 aromatic carbocycles. The number of hydrogen-bond donors (Lipinski definition) is 4. The largest absolute Gasteiger partial charge is 0.398 e. The molecule has 1 aromatic rings. The van der Waals surface area contributed by atoms with Crippen LogP contribution in [0.5, 0.6) is 0 Å². The van der Waals surface area contributed by atoms with Crippen molar-refractivity contribution in [3.63, 3.8) is 0 Å². The summed E-state index contributed by atoms with van der Waals surface area (Å²) >= 11 is 0. The number of primary amides is 1. The van der Waals surface area contributed by atoms with E-state index in [1.54, 1.807) is 19.9 Å². The average molecular weight is 300 g/mol. The molecule has 0 unspecified atom stereocenters. The van der Waals surface area contributed by atoms with Gasteiger partial charge in [0.2, 0.25) is 10.0 Å². The lowest BCUT2D eigenvalue weighted by Crippen LogP contribution is -2.37. The van der Waals surface area contributed by atoms with Crippen LogP contribution in [-0.2, 0) is 10.0 Å². The van der Waals surface area contributed by atoms with Gasteiger partial charge in [-0.1, -0.05) is 6.07 Å². The highest BCUT2D eigenvalue weighted by Gasteiger charge is 2.21. The van der Waals surface area contributed by atoms with Crippen molar-refractivity contribution in [1.29, 1.82) is 0 Å². The Balaban J connectivity index is 2.99. The maximum atomic E-state index is 12.3. The maximum absolute atomic E-state index is 12.3. The molecular weight excluding hydrogens is 280 g/mol. The number of amides is 2. The minimum Gasteiger partial charge on any atom is -0.398 e. The molecule has 0 atom stereocenters. The third-order valence-electron chi connectivity index (χ3n) is 2.95. The van der Waals surface area contributed by atoms with Gasteiger partial charge in [0.05, 0.1) is 4.90 Å². The molecule has 0 spiro atoms. The summed E-state index contributed by atoms with van der Waals surface area (Å²) in [6, 6.07) is 1.04. The van der Waals surface area contributed by atoms with Gasteiger partial charge in [-0.3, -0.25) is 0 Å². The third kappa shape index (κ3) is 3.61. The minimum atomic E-state index is -3.68.